The van der Waals surface area contributed by atoms with Crippen molar-refractivity contribution in [3.63, 3.8) is 0 Å². The molecule has 0 aliphatic heterocycles. The smallest absolute Gasteiger partial charge is 0.263 e. The van der Waals surface area contributed by atoms with Gasteiger partial charge in [-0.05, 0) is 30.7 Å². The van der Waals surface area contributed by atoms with Gasteiger partial charge >= 0.3 is 0 Å². The number of ether oxygens (including phenoxy) is 1. The van der Waals surface area contributed by atoms with Crippen LogP contribution in [0.2, 0.25) is 10.2 Å². The largest absolute Gasteiger partial charge is 0.483 e. The number of pyridine rings is 1. The van der Waals surface area contributed by atoms with Crippen molar-refractivity contribution in [1.82, 2.24) is 4.98 Å². The van der Waals surface area contributed by atoms with Gasteiger partial charge in [0.25, 0.3) is 15.9 Å². The van der Waals surface area contributed by atoms with E-state index < -0.39 is 15.9 Å². The fourth-order valence-corrected chi connectivity index (χ4v) is 3.69. The predicted molar refractivity (Wildman–Crippen MR) is 90.9 cm³/mol. The van der Waals surface area contributed by atoms with Crippen LogP contribution in [-0.4, -0.2) is 25.9 Å². The zero-order valence-corrected chi connectivity index (χ0v) is 14.7. The van der Waals surface area contributed by atoms with E-state index in [-0.39, 0.29) is 33.1 Å². The van der Waals surface area contributed by atoms with Crippen molar-refractivity contribution in [2.45, 2.75) is 11.8 Å². The summed E-state index contributed by atoms with van der Waals surface area (Å²) in [7, 11) is -4.05. The maximum absolute atomic E-state index is 12.5. The van der Waals surface area contributed by atoms with E-state index in [2.05, 4.69) is 9.71 Å². The molecule has 24 heavy (non-hydrogen) atoms. The van der Waals surface area contributed by atoms with Gasteiger partial charge in [0.2, 0.25) is 0 Å². The molecule has 0 aliphatic carbocycles. The Kier molecular flexibility index (Phi) is 5.53. The molecule has 0 bridgehead atoms. The molecule has 3 N–H and O–H groups in total. The van der Waals surface area contributed by atoms with Crippen molar-refractivity contribution in [3.05, 3.63) is 46.2 Å². The molecule has 0 spiro atoms. The van der Waals surface area contributed by atoms with Gasteiger partial charge in [0.05, 0.1) is 10.7 Å². The molecule has 0 atom stereocenters. The lowest BCUT2D eigenvalue weighted by Crippen LogP contribution is -2.20. The molecule has 0 radical (unpaired) electrons. The van der Waals surface area contributed by atoms with Gasteiger partial charge in [-0.2, -0.15) is 0 Å². The normalized spacial score (nSPS) is 11.1. The lowest BCUT2D eigenvalue weighted by atomic mass is 10.2. The molecule has 2 rings (SSSR count). The minimum atomic E-state index is -4.05. The number of anilines is 1. The predicted octanol–water partition coefficient (Wildman–Crippen LogP) is 2.36. The number of halogens is 2. The Bertz CT molecular complexity index is 888. The summed E-state index contributed by atoms with van der Waals surface area (Å²) >= 11 is 11.9. The fourth-order valence-electron chi connectivity index (χ4n) is 1.81. The SMILES string of the molecule is Cc1cc(Cl)c(S(=O)(=O)Nc2cccnc2Cl)cc1OCC(N)=O. The summed E-state index contributed by atoms with van der Waals surface area (Å²) in [5.41, 5.74) is 5.68. The van der Waals surface area contributed by atoms with Crippen molar-refractivity contribution in [1.29, 1.82) is 0 Å². The van der Waals surface area contributed by atoms with E-state index in [1.54, 1.807) is 6.92 Å². The molecular weight excluding hydrogens is 377 g/mol. The van der Waals surface area contributed by atoms with Crippen molar-refractivity contribution in [2.75, 3.05) is 11.3 Å². The molecule has 128 valence electrons. The van der Waals surface area contributed by atoms with Crippen LogP contribution >= 0.6 is 23.2 Å². The topological polar surface area (TPSA) is 111 Å². The van der Waals surface area contributed by atoms with Gasteiger partial charge < -0.3 is 10.5 Å². The van der Waals surface area contributed by atoms with Crippen LogP contribution < -0.4 is 15.2 Å². The number of nitrogens with two attached hydrogens (primary N) is 1. The third kappa shape index (κ3) is 4.28. The van der Waals surface area contributed by atoms with Crippen LogP contribution in [0, 0.1) is 6.92 Å². The van der Waals surface area contributed by atoms with Crippen LogP contribution in [0.1, 0.15) is 5.56 Å². The van der Waals surface area contributed by atoms with Crippen molar-refractivity contribution >= 4 is 44.8 Å². The number of rotatable bonds is 6. The standard InChI is InChI=1S/C14H13Cl2N3O4S/c1-8-5-9(15)12(6-11(8)23-7-13(17)20)24(21,22)19-10-3-2-4-18-14(10)16/h2-6,19H,7H2,1H3,(H2,17,20). The molecular formula is C14H13Cl2N3O4S. The van der Waals surface area contributed by atoms with Gasteiger partial charge in [0, 0.05) is 12.3 Å². The van der Waals surface area contributed by atoms with Gasteiger partial charge in [0.1, 0.15) is 10.6 Å². The Hall–Kier alpha value is -2.03. The molecule has 10 heteroatoms. The van der Waals surface area contributed by atoms with Gasteiger partial charge in [-0.1, -0.05) is 23.2 Å². The number of sulfonamides is 1. The second-order valence-corrected chi connectivity index (χ2v) is 7.17. The van der Waals surface area contributed by atoms with Crippen molar-refractivity contribution in [2.24, 2.45) is 5.73 Å². The van der Waals surface area contributed by atoms with Crippen molar-refractivity contribution < 1.29 is 17.9 Å². The van der Waals surface area contributed by atoms with Crippen LogP contribution in [0.4, 0.5) is 5.69 Å². The van der Waals surface area contributed by atoms with Gasteiger partial charge in [-0.3, -0.25) is 9.52 Å². The van der Waals surface area contributed by atoms with E-state index in [1.807, 2.05) is 0 Å². The highest BCUT2D eigenvalue weighted by atomic mass is 35.5. The number of aryl methyl sites for hydroxylation is 1. The van der Waals surface area contributed by atoms with E-state index in [4.69, 9.17) is 33.7 Å². The first-order valence-electron chi connectivity index (χ1n) is 6.55. The summed E-state index contributed by atoms with van der Waals surface area (Å²) in [6, 6.07) is 5.62. The lowest BCUT2D eigenvalue weighted by Gasteiger charge is -2.14. The summed E-state index contributed by atoms with van der Waals surface area (Å²) in [6.07, 6.45) is 1.43. The minimum absolute atomic E-state index is 0.00508. The maximum Gasteiger partial charge on any atom is 0.263 e. The third-order valence-corrected chi connectivity index (χ3v) is 5.02. The number of hydrogen-bond donors (Lipinski definition) is 2. The van der Waals surface area contributed by atoms with Crippen LogP contribution in [0.5, 0.6) is 5.75 Å². The van der Waals surface area contributed by atoms with Crippen LogP contribution in [0.15, 0.2) is 35.4 Å². The molecule has 0 fully saturated rings. The van der Waals surface area contributed by atoms with Crippen LogP contribution in [0.25, 0.3) is 0 Å². The quantitative estimate of drug-likeness (QED) is 0.736. The Morgan fingerprint density at radius 1 is 1.38 bits per heavy atom. The number of primary amides is 1. The first kappa shape index (κ1) is 18.3. The summed E-state index contributed by atoms with van der Waals surface area (Å²) in [5.74, 6) is -0.509. The molecule has 1 aromatic carbocycles. The molecule has 0 saturated carbocycles. The monoisotopic (exact) mass is 389 g/mol. The summed E-state index contributed by atoms with van der Waals surface area (Å²) in [5, 5.41) is -0.0130. The highest BCUT2D eigenvalue weighted by Gasteiger charge is 2.22. The number of carbonyl (C=O) groups excluding carboxylic acids is 1. The number of hydrogen-bond acceptors (Lipinski definition) is 5. The summed E-state index contributed by atoms with van der Waals surface area (Å²) in [6.45, 7) is 1.27. The molecule has 1 heterocycles. The van der Waals surface area contributed by atoms with E-state index in [0.29, 0.717) is 5.56 Å². The molecule has 0 unspecified atom stereocenters. The van der Waals surface area contributed by atoms with E-state index in [1.165, 1.54) is 30.5 Å². The average Bonchev–Trinajstić information content (AvgIpc) is 2.48. The zero-order valence-electron chi connectivity index (χ0n) is 12.4. The molecule has 1 aromatic heterocycles. The second kappa shape index (κ2) is 7.25. The van der Waals surface area contributed by atoms with Crippen LogP contribution in [0.3, 0.4) is 0 Å². The number of nitrogens with one attached hydrogen (secondary N) is 1. The van der Waals surface area contributed by atoms with E-state index in [0.717, 1.165) is 0 Å². The van der Waals surface area contributed by atoms with E-state index in [9.17, 15) is 13.2 Å². The second-order valence-electron chi connectivity index (χ2n) is 4.75. The maximum atomic E-state index is 12.5. The first-order chi connectivity index (χ1) is 11.2. The van der Waals surface area contributed by atoms with Crippen LogP contribution in [-0.2, 0) is 14.8 Å². The van der Waals surface area contributed by atoms with Crippen molar-refractivity contribution in [3.8, 4) is 5.75 Å². The van der Waals surface area contributed by atoms with Gasteiger partial charge in [-0.15, -0.1) is 0 Å². The first-order valence-corrected chi connectivity index (χ1v) is 8.79. The Balaban J connectivity index is 2.40. The molecule has 1 amide bonds. The highest BCUT2D eigenvalue weighted by molar-refractivity contribution is 7.92. The molecule has 7 nitrogen and oxygen atoms in total. The number of nitrogens with zero attached hydrogens (tertiary/aromatic N) is 1. The zero-order chi connectivity index (χ0) is 17.9. The molecule has 2 aromatic rings. The Morgan fingerprint density at radius 3 is 2.71 bits per heavy atom. The number of carbonyl (C=O) groups is 1. The number of aromatic nitrogens is 1. The Morgan fingerprint density at radius 2 is 2.08 bits per heavy atom. The Labute approximate surface area is 148 Å². The highest BCUT2D eigenvalue weighted by Crippen LogP contribution is 2.32. The van der Waals surface area contributed by atoms with Gasteiger partial charge in [0.15, 0.2) is 11.8 Å². The average molecular weight is 390 g/mol. The lowest BCUT2D eigenvalue weighted by molar-refractivity contribution is -0.119. The van der Waals surface area contributed by atoms with Gasteiger partial charge in [-0.25, -0.2) is 13.4 Å². The number of amides is 1. The van der Waals surface area contributed by atoms with E-state index >= 15 is 0 Å². The summed E-state index contributed by atoms with van der Waals surface area (Å²) in [4.78, 5) is 14.4. The third-order valence-electron chi connectivity index (χ3n) is 2.89. The number of benzene rings is 1. The molecule has 0 saturated heterocycles. The minimum Gasteiger partial charge on any atom is -0.483 e. The fraction of sp³-hybridized carbons (Fsp3) is 0.143. The molecule has 0 aliphatic rings. The summed E-state index contributed by atoms with van der Waals surface area (Å²) < 4.78 is 32.6.